The van der Waals surface area contributed by atoms with E-state index >= 15 is 0 Å². The van der Waals surface area contributed by atoms with Crippen molar-refractivity contribution >= 4 is 21.8 Å². The van der Waals surface area contributed by atoms with Crippen molar-refractivity contribution in [3.63, 3.8) is 0 Å². The number of amides is 1. The van der Waals surface area contributed by atoms with Gasteiger partial charge in [-0.1, -0.05) is 28.1 Å². The van der Waals surface area contributed by atoms with Crippen molar-refractivity contribution in [2.24, 2.45) is 0 Å². The molecule has 110 valence electrons. The molecule has 0 unspecified atom stereocenters. The summed E-state index contributed by atoms with van der Waals surface area (Å²) in [7, 11) is 0. The Hall–Kier alpha value is -1.62. The third kappa shape index (κ3) is 3.53. The van der Waals surface area contributed by atoms with E-state index in [0.717, 1.165) is 41.7 Å². The summed E-state index contributed by atoms with van der Waals surface area (Å²) in [5, 5.41) is 0. The van der Waals surface area contributed by atoms with Crippen molar-refractivity contribution in [3.8, 4) is 11.3 Å². The summed E-state index contributed by atoms with van der Waals surface area (Å²) in [6.45, 7) is 1.79. The van der Waals surface area contributed by atoms with Gasteiger partial charge in [0.05, 0.1) is 6.20 Å². The van der Waals surface area contributed by atoms with Gasteiger partial charge in [0.2, 0.25) is 5.91 Å². The van der Waals surface area contributed by atoms with E-state index in [9.17, 15) is 4.79 Å². The second-order valence-corrected chi connectivity index (χ2v) is 6.13. The number of aryl methyl sites for hydroxylation is 1. The number of oxazole rings is 1. The molecule has 1 aromatic carbocycles. The maximum Gasteiger partial charge on any atom is 0.223 e. The van der Waals surface area contributed by atoms with Gasteiger partial charge >= 0.3 is 0 Å². The number of nitrogens with zero attached hydrogens (tertiary/aromatic N) is 2. The molecule has 0 radical (unpaired) electrons. The highest BCUT2D eigenvalue weighted by Crippen LogP contribution is 2.23. The van der Waals surface area contributed by atoms with Crippen LogP contribution in [0.15, 0.2) is 39.4 Å². The normalized spacial score (nSPS) is 14.6. The fourth-order valence-corrected chi connectivity index (χ4v) is 2.78. The molecule has 0 bridgehead atoms. The highest BCUT2D eigenvalue weighted by molar-refractivity contribution is 9.10. The van der Waals surface area contributed by atoms with Crippen LogP contribution in [0.25, 0.3) is 11.3 Å². The molecule has 1 saturated heterocycles. The van der Waals surface area contributed by atoms with Gasteiger partial charge in [-0.2, -0.15) is 0 Å². The topological polar surface area (TPSA) is 46.3 Å². The first-order chi connectivity index (χ1) is 10.2. The van der Waals surface area contributed by atoms with E-state index in [1.54, 1.807) is 6.20 Å². The molecule has 0 N–H and O–H groups in total. The maximum absolute atomic E-state index is 12.0. The lowest BCUT2D eigenvalue weighted by Gasteiger charge is -2.14. The third-order valence-electron chi connectivity index (χ3n) is 3.69. The molecule has 0 aliphatic carbocycles. The molecule has 1 amide bonds. The molecule has 1 fully saturated rings. The van der Waals surface area contributed by atoms with Crippen molar-refractivity contribution in [1.29, 1.82) is 0 Å². The van der Waals surface area contributed by atoms with Crippen LogP contribution in [0.5, 0.6) is 0 Å². The first-order valence-electron chi connectivity index (χ1n) is 7.21. The summed E-state index contributed by atoms with van der Waals surface area (Å²) in [6.07, 6.45) is 5.00. The van der Waals surface area contributed by atoms with Crippen molar-refractivity contribution < 1.29 is 9.21 Å². The fourth-order valence-electron chi connectivity index (χ4n) is 2.51. The summed E-state index contributed by atoms with van der Waals surface area (Å²) in [5.74, 6) is 1.57. The van der Waals surface area contributed by atoms with E-state index in [-0.39, 0.29) is 5.91 Å². The molecule has 21 heavy (non-hydrogen) atoms. The van der Waals surface area contributed by atoms with Gasteiger partial charge in [0, 0.05) is 36.0 Å². The molecule has 0 atom stereocenters. The van der Waals surface area contributed by atoms with E-state index in [4.69, 9.17) is 4.42 Å². The number of benzene rings is 1. The van der Waals surface area contributed by atoms with E-state index in [0.29, 0.717) is 18.7 Å². The molecule has 1 aliphatic heterocycles. The summed E-state index contributed by atoms with van der Waals surface area (Å²) in [4.78, 5) is 18.2. The summed E-state index contributed by atoms with van der Waals surface area (Å²) < 4.78 is 6.76. The first kappa shape index (κ1) is 14.3. The predicted octanol–water partition coefficient (Wildman–Crippen LogP) is 3.66. The molecule has 1 aromatic heterocycles. The number of hydrogen-bond donors (Lipinski definition) is 0. The Morgan fingerprint density at radius 2 is 1.95 bits per heavy atom. The van der Waals surface area contributed by atoms with Crippen LogP contribution in [0.2, 0.25) is 0 Å². The Bertz CT molecular complexity index is 615. The first-order valence-corrected chi connectivity index (χ1v) is 8.00. The number of carbonyl (C=O) groups excluding carboxylic acids is 1. The smallest absolute Gasteiger partial charge is 0.223 e. The lowest BCUT2D eigenvalue weighted by atomic mass is 10.2. The van der Waals surface area contributed by atoms with Gasteiger partial charge in [-0.25, -0.2) is 4.98 Å². The van der Waals surface area contributed by atoms with Crippen molar-refractivity contribution in [1.82, 2.24) is 9.88 Å². The molecule has 3 rings (SSSR count). The maximum atomic E-state index is 12.0. The van der Waals surface area contributed by atoms with Crippen LogP contribution in [0.4, 0.5) is 0 Å². The predicted molar refractivity (Wildman–Crippen MR) is 83.8 cm³/mol. The van der Waals surface area contributed by atoms with E-state index in [1.807, 2.05) is 29.2 Å². The second kappa shape index (κ2) is 6.43. The minimum absolute atomic E-state index is 0.205. The lowest BCUT2D eigenvalue weighted by Crippen LogP contribution is -2.27. The number of halogens is 1. The Labute approximate surface area is 132 Å². The van der Waals surface area contributed by atoms with Crippen LogP contribution in [0, 0.1) is 0 Å². The minimum Gasteiger partial charge on any atom is -0.441 e. The largest absolute Gasteiger partial charge is 0.441 e. The molecule has 4 nitrogen and oxygen atoms in total. The summed E-state index contributed by atoms with van der Waals surface area (Å²) in [5.41, 5.74) is 0.989. The Balaban J connectivity index is 1.60. The van der Waals surface area contributed by atoms with E-state index in [2.05, 4.69) is 20.9 Å². The van der Waals surface area contributed by atoms with Gasteiger partial charge in [0.1, 0.15) is 0 Å². The van der Waals surface area contributed by atoms with Gasteiger partial charge in [-0.05, 0) is 25.0 Å². The van der Waals surface area contributed by atoms with Gasteiger partial charge in [-0.15, -0.1) is 0 Å². The SMILES string of the molecule is O=C(CCc1ncc(-c2ccc(Br)cc2)o1)N1CCCC1. The molecule has 2 aromatic rings. The van der Waals surface area contributed by atoms with Gasteiger partial charge in [-0.3, -0.25) is 4.79 Å². The van der Waals surface area contributed by atoms with Crippen molar-refractivity contribution in [2.75, 3.05) is 13.1 Å². The fraction of sp³-hybridized carbons (Fsp3) is 0.375. The quantitative estimate of drug-likeness (QED) is 0.846. The Morgan fingerprint density at radius 3 is 2.67 bits per heavy atom. The van der Waals surface area contributed by atoms with Crippen LogP contribution in [-0.4, -0.2) is 28.9 Å². The zero-order valence-corrected chi connectivity index (χ0v) is 13.3. The van der Waals surface area contributed by atoms with Crippen LogP contribution >= 0.6 is 15.9 Å². The average Bonchev–Trinajstić information content (AvgIpc) is 3.17. The molecular formula is C16H17BrN2O2. The van der Waals surface area contributed by atoms with Gasteiger partial charge in [0.25, 0.3) is 0 Å². The van der Waals surface area contributed by atoms with Crippen LogP contribution in [0.1, 0.15) is 25.2 Å². The molecule has 2 heterocycles. The van der Waals surface area contributed by atoms with Crippen molar-refractivity contribution in [3.05, 3.63) is 40.8 Å². The second-order valence-electron chi connectivity index (χ2n) is 5.21. The number of carbonyl (C=O) groups is 1. The zero-order chi connectivity index (χ0) is 14.7. The molecule has 5 heteroatoms. The van der Waals surface area contributed by atoms with Gasteiger partial charge < -0.3 is 9.32 Å². The summed E-state index contributed by atoms with van der Waals surface area (Å²) >= 11 is 3.41. The van der Waals surface area contributed by atoms with Crippen molar-refractivity contribution in [2.45, 2.75) is 25.7 Å². The Kier molecular flexibility index (Phi) is 4.39. The van der Waals surface area contributed by atoms with E-state index < -0.39 is 0 Å². The van der Waals surface area contributed by atoms with Crippen LogP contribution in [0.3, 0.4) is 0 Å². The number of rotatable bonds is 4. The number of hydrogen-bond acceptors (Lipinski definition) is 3. The van der Waals surface area contributed by atoms with Gasteiger partial charge in [0.15, 0.2) is 11.7 Å². The standard InChI is InChI=1S/C16H17BrN2O2/c17-13-5-3-12(4-6-13)14-11-18-15(21-14)7-8-16(20)19-9-1-2-10-19/h3-6,11H,1-2,7-10H2. The Morgan fingerprint density at radius 1 is 1.24 bits per heavy atom. The third-order valence-corrected chi connectivity index (χ3v) is 4.22. The highest BCUT2D eigenvalue weighted by atomic mass is 79.9. The molecule has 0 saturated carbocycles. The monoisotopic (exact) mass is 348 g/mol. The molecule has 1 aliphatic rings. The summed E-state index contributed by atoms with van der Waals surface area (Å²) in [6, 6.07) is 7.89. The van der Waals surface area contributed by atoms with E-state index in [1.165, 1.54) is 0 Å². The molecular weight excluding hydrogens is 332 g/mol. The zero-order valence-electron chi connectivity index (χ0n) is 11.7. The number of likely N-dealkylation sites (tertiary alicyclic amines) is 1. The highest BCUT2D eigenvalue weighted by Gasteiger charge is 2.18. The van der Waals surface area contributed by atoms with Crippen LogP contribution < -0.4 is 0 Å². The molecule has 0 spiro atoms. The average molecular weight is 349 g/mol. The minimum atomic E-state index is 0.205. The lowest BCUT2D eigenvalue weighted by molar-refractivity contribution is -0.130. The van der Waals surface area contributed by atoms with Crippen LogP contribution in [-0.2, 0) is 11.2 Å². The number of aromatic nitrogens is 1.